The van der Waals surface area contributed by atoms with Crippen molar-refractivity contribution in [3.8, 4) is 0 Å². The molecule has 0 spiro atoms. The number of carbonyl (C=O) groups excluding carboxylic acids is 2. The van der Waals surface area contributed by atoms with E-state index in [0.29, 0.717) is 44.6 Å². The maximum atomic E-state index is 12.7. The van der Waals surface area contributed by atoms with Crippen molar-refractivity contribution in [3.05, 3.63) is 29.1 Å². The van der Waals surface area contributed by atoms with Gasteiger partial charge in [0.1, 0.15) is 0 Å². The van der Waals surface area contributed by atoms with Crippen molar-refractivity contribution >= 4 is 11.9 Å². The number of amides is 3. The fourth-order valence-corrected chi connectivity index (χ4v) is 3.22. The number of pyridine rings is 1. The van der Waals surface area contributed by atoms with Crippen LogP contribution in [-0.2, 0) is 13.0 Å². The first-order valence-corrected chi connectivity index (χ1v) is 7.86. The largest absolute Gasteiger partial charge is 0.391 e. The van der Waals surface area contributed by atoms with Crippen LogP contribution in [0.25, 0.3) is 0 Å². The highest BCUT2D eigenvalue weighted by atomic mass is 16.3. The Hall–Kier alpha value is -2.15. The molecule has 0 saturated carbocycles. The van der Waals surface area contributed by atoms with E-state index in [1.807, 2.05) is 0 Å². The monoisotopic (exact) mass is 318 g/mol. The van der Waals surface area contributed by atoms with Gasteiger partial charge in [0.2, 0.25) is 0 Å². The van der Waals surface area contributed by atoms with Crippen molar-refractivity contribution in [1.82, 2.24) is 19.7 Å². The van der Waals surface area contributed by atoms with Crippen LogP contribution in [-0.4, -0.2) is 76.6 Å². The summed E-state index contributed by atoms with van der Waals surface area (Å²) in [7, 11) is 3.46. The number of hydrogen-bond acceptors (Lipinski definition) is 4. The quantitative estimate of drug-likeness (QED) is 0.809. The number of nitrogens with zero attached hydrogens (tertiary/aromatic N) is 4. The molecule has 3 amide bonds. The number of likely N-dealkylation sites (tertiary alicyclic amines) is 1. The first-order chi connectivity index (χ1) is 11.0. The second kappa shape index (κ2) is 6.16. The highest BCUT2D eigenvalue weighted by molar-refractivity contribution is 5.96. The van der Waals surface area contributed by atoms with E-state index in [-0.39, 0.29) is 11.9 Å². The van der Waals surface area contributed by atoms with Crippen LogP contribution in [0.3, 0.4) is 0 Å². The van der Waals surface area contributed by atoms with Crippen molar-refractivity contribution in [2.45, 2.75) is 25.5 Å². The Morgan fingerprint density at radius 1 is 1.26 bits per heavy atom. The average molecular weight is 318 g/mol. The van der Waals surface area contributed by atoms with Gasteiger partial charge in [0.15, 0.2) is 0 Å². The van der Waals surface area contributed by atoms with E-state index in [4.69, 9.17) is 0 Å². The van der Waals surface area contributed by atoms with E-state index in [1.54, 1.807) is 41.2 Å². The second-order valence-electron chi connectivity index (χ2n) is 6.37. The molecular weight excluding hydrogens is 296 g/mol. The molecule has 7 nitrogen and oxygen atoms in total. The van der Waals surface area contributed by atoms with Gasteiger partial charge in [-0.05, 0) is 24.0 Å². The van der Waals surface area contributed by atoms with E-state index in [9.17, 15) is 14.7 Å². The third-order valence-corrected chi connectivity index (χ3v) is 4.47. The summed E-state index contributed by atoms with van der Waals surface area (Å²) in [5, 5.41) is 9.62. The number of aromatic nitrogens is 1. The molecule has 7 heteroatoms. The molecule has 0 aliphatic carbocycles. The minimum atomic E-state index is -0.431. The molecule has 0 bridgehead atoms. The summed E-state index contributed by atoms with van der Waals surface area (Å²) in [6.07, 6.45) is 4.18. The molecule has 0 radical (unpaired) electrons. The first kappa shape index (κ1) is 15.7. The summed E-state index contributed by atoms with van der Waals surface area (Å²) in [6.45, 7) is 2.03. The van der Waals surface area contributed by atoms with E-state index in [2.05, 4.69) is 4.98 Å². The van der Waals surface area contributed by atoms with Gasteiger partial charge in [0, 0.05) is 52.7 Å². The third kappa shape index (κ3) is 3.01. The minimum absolute atomic E-state index is 0.0324. The van der Waals surface area contributed by atoms with Crippen molar-refractivity contribution < 1.29 is 14.7 Å². The molecule has 0 aromatic carbocycles. The summed E-state index contributed by atoms with van der Waals surface area (Å²) in [5.74, 6) is -0.0710. The highest BCUT2D eigenvalue weighted by Crippen LogP contribution is 2.24. The van der Waals surface area contributed by atoms with Crippen molar-refractivity contribution in [3.63, 3.8) is 0 Å². The molecular formula is C16H22N4O3. The summed E-state index contributed by atoms with van der Waals surface area (Å²) in [5.41, 5.74) is 2.51. The predicted molar refractivity (Wildman–Crippen MR) is 84.0 cm³/mol. The molecule has 1 aromatic heterocycles. The Kier molecular flexibility index (Phi) is 4.21. The van der Waals surface area contributed by atoms with Crippen molar-refractivity contribution in [2.75, 3.05) is 33.7 Å². The Balaban J connectivity index is 1.82. The number of β-amino-alcohol motifs (C(OH)–C–C–N with tert-alkyl or cyclic N) is 1. The number of carbonyl (C=O) groups is 2. The summed E-state index contributed by atoms with van der Waals surface area (Å²) < 4.78 is 0. The lowest BCUT2D eigenvalue weighted by molar-refractivity contribution is 0.0762. The van der Waals surface area contributed by atoms with Gasteiger partial charge in [0.25, 0.3) is 5.91 Å². The van der Waals surface area contributed by atoms with Crippen molar-refractivity contribution in [2.24, 2.45) is 0 Å². The van der Waals surface area contributed by atoms with Gasteiger partial charge in [-0.3, -0.25) is 9.78 Å². The minimum Gasteiger partial charge on any atom is -0.391 e. The maximum Gasteiger partial charge on any atom is 0.319 e. The number of aliphatic hydroxyl groups excluding tert-OH is 1. The lowest BCUT2D eigenvalue weighted by atomic mass is 9.96. The van der Waals surface area contributed by atoms with Gasteiger partial charge in [-0.15, -0.1) is 0 Å². The summed E-state index contributed by atoms with van der Waals surface area (Å²) in [6, 6.07) is -0.0324. The fourth-order valence-electron chi connectivity index (χ4n) is 3.22. The molecule has 1 unspecified atom stereocenters. The Morgan fingerprint density at radius 2 is 2.04 bits per heavy atom. The SMILES string of the molecule is CN(C)C(=O)N1CCc2c(cncc2C(=O)N2CCC(O)C2)C1. The van der Waals surface area contributed by atoms with Crippen molar-refractivity contribution in [1.29, 1.82) is 0 Å². The molecule has 1 N–H and O–H groups in total. The van der Waals surface area contributed by atoms with E-state index >= 15 is 0 Å². The zero-order valence-electron chi connectivity index (χ0n) is 13.5. The van der Waals surface area contributed by atoms with Gasteiger partial charge < -0.3 is 19.8 Å². The molecule has 1 saturated heterocycles. The number of urea groups is 1. The summed E-state index contributed by atoms with van der Waals surface area (Å²) >= 11 is 0. The standard InChI is InChI=1S/C16H22N4O3/c1-18(2)16(23)20-6-4-13-11(9-20)7-17-8-14(13)15(22)19-5-3-12(21)10-19/h7-8,12,21H,3-6,9-10H2,1-2H3. The molecule has 2 aliphatic rings. The van der Waals surface area contributed by atoms with Crippen LogP contribution in [0.15, 0.2) is 12.4 Å². The van der Waals surface area contributed by atoms with Crippen LogP contribution >= 0.6 is 0 Å². The van der Waals surface area contributed by atoms with E-state index in [0.717, 1.165) is 11.1 Å². The van der Waals surface area contributed by atoms with Gasteiger partial charge in [-0.1, -0.05) is 0 Å². The number of rotatable bonds is 1. The normalized spacial score (nSPS) is 20.4. The van der Waals surface area contributed by atoms with E-state index in [1.165, 1.54) is 0 Å². The first-order valence-electron chi connectivity index (χ1n) is 7.86. The van der Waals surface area contributed by atoms with Crippen LogP contribution < -0.4 is 0 Å². The van der Waals surface area contributed by atoms with Crippen LogP contribution in [0, 0.1) is 0 Å². The van der Waals surface area contributed by atoms with Crippen LogP contribution in [0.4, 0.5) is 4.79 Å². The zero-order chi connectivity index (χ0) is 16.6. The lowest BCUT2D eigenvalue weighted by Gasteiger charge is -2.32. The van der Waals surface area contributed by atoms with Crippen LogP contribution in [0.1, 0.15) is 27.9 Å². The van der Waals surface area contributed by atoms with E-state index < -0.39 is 6.10 Å². The van der Waals surface area contributed by atoms with Gasteiger partial charge in [-0.2, -0.15) is 0 Å². The summed E-state index contributed by atoms with van der Waals surface area (Å²) in [4.78, 5) is 34.0. The lowest BCUT2D eigenvalue weighted by Crippen LogP contribution is -2.42. The highest BCUT2D eigenvalue weighted by Gasteiger charge is 2.30. The molecule has 1 fully saturated rings. The van der Waals surface area contributed by atoms with Crippen LogP contribution in [0.5, 0.6) is 0 Å². The van der Waals surface area contributed by atoms with Gasteiger partial charge in [-0.25, -0.2) is 4.79 Å². The third-order valence-electron chi connectivity index (χ3n) is 4.47. The molecule has 3 heterocycles. The Morgan fingerprint density at radius 3 is 2.70 bits per heavy atom. The zero-order valence-corrected chi connectivity index (χ0v) is 13.5. The molecule has 1 atom stereocenters. The molecule has 124 valence electrons. The van der Waals surface area contributed by atoms with Gasteiger partial charge in [0.05, 0.1) is 11.7 Å². The fraction of sp³-hybridized carbons (Fsp3) is 0.562. The van der Waals surface area contributed by atoms with Crippen LogP contribution in [0.2, 0.25) is 0 Å². The molecule has 23 heavy (non-hydrogen) atoms. The predicted octanol–water partition coefficient (Wildman–Crippen LogP) is 0.328. The molecule has 3 rings (SSSR count). The molecule has 2 aliphatic heterocycles. The smallest absolute Gasteiger partial charge is 0.319 e. The maximum absolute atomic E-state index is 12.7. The molecule has 1 aromatic rings. The average Bonchev–Trinajstić information content (AvgIpc) is 2.98. The Labute approximate surface area is 135 Å². The Bertz CT molecular complexity index is 632. The number of aliphatic hydroxyl groups is 1. The number of hydrogen-bond donors (Lipinski definition) is 1. The number of fused-ring (bicyclic) bond motifs is 1. The van der Waals surface area contributed by atoms with Gasteiger partial charge >= 0.3 is 6.03 Å². The second-order valence-corrected chi connectivity index (χ2v) is 6.37. The topological polar surface area (TPSA) is 77.0 Å².